The molecule has 2 N–H and O–H groups in total. The molecule has 72 valence electrons. The molecule has 0 unspecified atom stereocenters. The fraction of sp³-hybridized carbons (Fsp3) is 0.100. The molecule has 0 aliphatic rings. The summed E-state index contributed by atoms with van der Waals surface area (Å²) in [6.07, 6.45) is 1.67. The number of nitrogen functional groups attached to an aromatic ring is 1. The zero-order chi connectivity index (χ0) is 10.1. The third kappa shape index (κ3) is 1.35. The van der Waals surface area contributed by atoms with Crippen molar-refractivity contribution in [3.05, 3.63) is 36.3 Å². The van der Waals surface area contributed by atoms with Crippen LogP contribution in [0.1, 0.15) is 0 Å². The summed E-state index contributed by atoms with van der Waals surface area (Å²) >= 11 is 0. The summed E-state index contributed by atoms with van der Waals surface area (Å²) in [5.74, 6) is 0.327. The van der Waals surface area contributed by atoms with Crippen LogP contribution in [-0.2, 0) is 7.05 Å². The molecule has 0 saturated carbocycles. The third-order valence-electron chi connectivity index (χ3n) is 2.14. The molecule has 0 radical (unpaired) electrons. The molecular formula is C10H10FN3. The lowest BCUT2D eigenvalue weighted by atomic mass is 10.1. The van der Waals surface area contributed by atoms with Crippen LogP contribution in [0.5, 0.6) is 0 Å². The van der Waals surface area contributed by atoms with Crippen molar-refractivity contribution < 1.29 is 4.39 Å². The molecule has 0 amide bonds. The van der Waals surface area contributed by atoms with E-state index in [4.69, 9.17) is 5.73 Å². The largest absolute Gasteiger partial charge is 0.383 e. The Morgan fingerprint density at radius 1 is 1.29 bits per heavy atom. The SMILES string of the molecule is Cn1ncc(-c2ccc(F)cc2)c1N. The van der Waals surface area contributed by atoms with E-state index in [9.17, 15) is 4.39 Å². The monoisotopic (exact) mass is 191 g/mol. The zero-order valence-corrected chi connectivity index (χ0v) is 7.74. The van der Waals surface area contributed by atoms with Crippen LogP contribution >= 0.6 is 0 Å². The van der Waals surface area contributed by atoms with E-state index in [1.807, 2.05) is 0 Å². The van der Waals surface area contributed by atoms with Gasteiger partial charge in [-0.2, -0.15) is 5.10 Å². The van der Waals surface area contributed by atoms with Gasteiger partial charge in [0.05, 0.1) is 6.20 Å². The summed E-state index contributed by atoms with van der Waals surface area (Å²) in [7, 11) is 1.77. The van der Waals surface area contributed by atoms with Crippen molar-refractivity contribution in [1.82, 2.24) is 9.78 Å². The standard InChI is InChI=1S/C10H10FN3/c1-14-10(12)9(6-13-14)7-2-4-8(11)5-3-7/h2-6H,12H2,1H3. The van der Waals surface area contributed by atoms with E-state index >= 15 is 0 Å². The summed E-state index contributed by atoms with van der Waals surface area (Å²) in [4.78, 5) is 0. The summed E-state index contributed by atoms with van der Waals surface area (Å²) < 4.78 is 14.2. The van der Waals surface area contributed by atoms with Gasteiger partial charge in [-0.15, -0.1) is 0 Å². The molecule has 0 aliphatic carbocycles. The highest BCUT2D eigenvalue weighted by Gasteiger charge is 2.06. The summed E-state index contributed by atoms with van der Waals surface area (Å²) in [5, 5.41) is 4.01. The van der Waals surface area contributed by atoms with Gasteiger partial charge in [0.15, 0.2) is 0 Å². The van der Waals surface area contributed by atoms with Crippen molar-refractivity contribution in [2.75, 3.05) is 5.73 Å². The summed E-state index contributed by atoms with van der Waals surface area (Å²) in [5.41, 5.74) is 7.48. The van der Waals surface area contributed by atoms with E-state index in [-0.39, 0.29) is 5.82 Å². The molecular weight excluding hydrogens is 181 g/mol. The molecule has 1 aromatic heterocycles. The van der Waals surface area contributed by atoms with Crippen molar-refractivity contribution in [3.63, 3.8) is 0 Å². The number of rotatable bonds is 1. The molecule has 1 heterocycles. The Labute approximate surface area is 81.0 Å². The second-order valence-electron chi connectivity index (χ2n) is 3.07. The molecule has 0 bridgehead atoms. The first-order chi connectivity index (χ1) is 6.68. The Morgan fingerprint density at radius 2 is 1.93 bits per heavy atom. The van der Waals surface area contributed by atoms with E-state index in [1.54, 1.807) is 30.1 Å². The van der Waals surface area contributed by atoms with Gasteiger partial charge in [-0.3, -0.25) is 4.68 Å². The maximum atomic E-state index is 12.7. The maximum absolute atomic E-state index is 12.7. The molecule has 0 spiro atoms. The average Bonchev–Trinajstić information content (AvgIpc) is 2.50. The minimum absolute atomic E-state index is 0.254. The van der Waals surface area contributed by atoms with Gasteiger partial charge >= 0.3 is 0 Å². The van der Waals surface area contributed by atoms with E-state index < -0.39 is 0 Å². The van der Waals surface area contributed by atoms with Crippen LogP contribution in [0.25, 0.3) is 11.1 Å². The van der Waals surface area contributed by atoms with Gasteiger partial charge in [0.25, 0.3) is 0 Å². The zero-order valence-electron chi connectivity index (χ0n) is 7.74. The molecule has 1 aromatic carbocycles. The van der Waals surface area contributed by atoms with E-state index in [0.717, 1.165) is 11.1 Å². The van der Waals surface area contributed by atoms with Gasteiger partial charge < -0.3 is 5.73 Å². The fourth-order valence-electron chi connectivity index (χ4n) is 1.30. The molecule has 0 aliphatic heterocycles. The molecule has 4 heteroatoms. The number of anilines is 1. The lowest BCUT2D eigenvalue weighted by molar-refractivity contribution is 0.628. The van der Waals surface area contributed by atoms with Crippen LogP contribution in [0.15, 0.2) is 30.5 Å². The van der Waals surface area contributed by atoms with Crippen LogP contribution in [0.2, 0.25) is 0 Å². The second kappa shape index (κ2) is 3.14. The van der Waals surface area contributed by atoms with Gasteiger partial charge in [0.1, 0.15) is 11.6 Å². The number of nitrogens with two attached hydrogens (primary N) is 1. The Morgan fingerprint density at radius 3 is 2.43 bits per heavy atom. The molecule has 2 aromatic rings. The predicted molar refractivity (Wildman–Crippen MR) is 53.0 cm³/mol. The van der Waals surface area contributed by atoms with Gasteiger partial charge in [0, 0.05) is 12.6 Å². The number of halogens is 1. The first kappa shape index (κ1) is 8.74. The third-order valence-corrected chi connectivity index (χ3v) is 2.14. The number of benzene rings is 1. The van der Waals surface area contributed by atoms with Crippen molar-refractivity contribution in [2.24, 2.45) is 7.05 Å². The summed E-state index contributed by atoms with van der Waals surface area (Å²) in [6.45, 7) is 0. The minimum atomic E-state index is -0.254. The smallest absolute Gasteiger partial charge is 0.129 e. The van der Waals surface area contributed by atoms with Gasteiger partial charge in [-0.25, -0.2) is 4.39 Å². The van der Waals surface area contributed by atoms with E-state index in [0.29, 0.717) is 5.82 Å². The lowest BCUT2D eigenvalue weighted by Gasteiger charge is -1.99. The second-order valence-corrected chi connectivity index (χ2v) is 3.07. The quantitative estimate of drug-likeness (QED) is 0.747. The van der Waals surface area contributed by atoms with Crippen LogP contribution in [0.4, 0.5) is 10.2 Å². The van der Waals surface area contributed by atoms with Gasteiger partial charge in [-0.1, -0.05) is 12.1 Å². The van der Waals surface area contributed by atoms with Crippen molar-refractivity contribution in [1.29, 1.82) is 0 Å². The fourth-order valence-corrected chi connectivity index (χ4v) is 1.30. The van der Waals surface area contributed by atoms with Crippen LogP contribution in [0.3, 0.4) is 0 Å². The average molecular weight is 191 g/mol. The number of hydrogen-bond acceptors (Lipinski definition) is 2. The van der Waals surface area contributed by atoms with Crippen molar-refractivity contribution in [2.45, 2.75) is 0 Å². The highest BCUT2D eigenvalue weighted by atomic mass is 19.1. The van der Waals surface area contributed by atoms with Gasteiger partial charge in [0.2, 0.25) is 0 Å². The first-order valence-electron chi connectivity index (χ1n) is 4.22. The number of aromatic nitrogens is 2. The van der Waals surface area contributed by atoms with Crippen LogP contribution < -0.4 is 5.73 Å². The molecule has 14 heavy (non-hydrogen) atoms. The highest BCUT2D eigenvalue weighted by Crippen LogP contribution is 2.24. The number of hydrogen-bond donors (Lipinski definition) is 1. The molecule has 0 fully saturated rings. The normalized spacial score (nSPS) is 10.4. The van der Waals surface area contributed by atoms with Crippen LogP contribution in [0, 0.1) is 5.82 Å². The Balaban J connectivity index is 2.49. The number of nitrogens with zero attached hydrogens (tertiary/aromatic N) is 2. The predicted octanol–water partition coefficient (Wildman–Crippen LogP) is 1.81. The molecule has 2 rings (SSSR count). The van der Waals surface area contributed by atoms with Crippen molar-refractivity contribution >= 4 is 5.82 Å². The molecule has 0 saturated heterocycles. The Hall–Kier alpha value is -1.84. The highest BCUT2D eigenvalue weighted by molar-refractivity contribution is 5.73. The van der Waals surface area contributed by atoms with Crippen molar-refractivity contribution in [3.8, 4) is 11.1 Å². The summed E-state index contributed by atoms with van der Waals surface area (Å²) in [6, 6.07) is 6.18. The van der Waals surface area contributed by atoms with E-state index in [2.05, 4.69) is 5.10 Å². The Kier molecular flexibility index (Phi) is 1.96. The van der Waals surface area contributed by atoms with Crippen LogP contribution in [-0.4, -0.2) is 9.78 Å². The number of aryl methyl sites for hydroxylation is 1. The Bertz CT molecular complexity index is 445. The topological polar surface area (TPSA) is 43.8 Å². The van der Waals surface area contributed by atoms with E-state index in [1.165, 1.54) is 12.1 Å². The molecule has 0 atom stereocenters. The maximum Gasteiger partial charge on any atom is 0.129 e. The lowest BCUT2D eigenvalue weighted by Crippen LogP contribution is -1.97. The first-order valence-corrected chi connectivity index (χ1v) is 4.22. The minimum Gasteiger partial charge on any atom is -0.383 e. The van der Waals surface area contributed by atoms with Gasteiger partial charge in [-0.05, 0) is 17.7 Å². The molecule has 3 nitrogen and oxygen atoms in total.